The van der Waals surface area contributed by atoms with Crippen LogP contribution >= 0.6 is 11.8 Å². The smallest absolute Gasteiger partial charge is 0.224 e. The number of hydrogen-bond acceptors (Lipinski definition) is 5. The van der Waals surface area contributed by atoms with Gasteiger partial charge < -0.3 is 19.1 Å². The fourth-order valence-corrected chi connectivity index (χ4v) is 4.47. The van der Waals surface area contributed by atoms with Crippen molar-refractivity contribution in [3.8, 4) is 17.2 Å². The zero-order chi connectivity index (χ0) is 19.2. The molecule has 0 radical (unpaired) electrons. The lowest BCUT2D eigenvalue weighted by Crippen LogP contribution is -2.37. The molecule has 1 unspecified atom stereocenters. The van der Waals surface area contributed by atoms with E-state index in [2.05, 4.69) is 0 Å². The molecule has 0 aliphatic carbocycles. The first-order chi connectivity index (χ1) is 13.2. The molecule has 27 heavy (non-hydrogen) atoms. The summed E-state index contributed by atoms with van der Waals surface area (Å²) in [6.07, 6.45) is 0.532. The number of carbonyl (C=O) groups excluding carboxylic acids is 1. The first kappa shape index (κ1) is 19.4. The quantitative estimate of drug-likeness (QED) is 0.710. The highest BCUT2D eigenvalue weighted by molar-refractivity contribution is 7.99. The van der Waals surface area contributed by atoms with Crippen molar-refractivity contribution in [1.82, 2.24) is 4.90 Å². The highest BCUT2D eigenvalue weighted by atomic mass is 32.2. The first-order valence-corrected chi connectivity index (χ1v) is 10.1. The zero-order valence-electron chi connectivity index (χ0n) is 15.9. The molecule has 1 aliphatic heterocycles. The van der Waals surface area contributed by atoms with Crippen LogP contribution in [0.25, 0.3) is 0 Å². The number of hydrogen-bond donors (Lipinski definition) is 0. The third kappa shape index (κ3) is 4.33. The van der Waals surface area contributed by atoms with Gasteiger partial charge in [0.1, 0.15) is 22.6 Å². The lowest BCUT2D eigenvalue weighted by atomic mass is 10.1. The highest BCUT2D eigenvalue weighted by Crippen LogP contribution is 2.42. The van der Waals surface area contributed by atoms with E-state index in [9.17, 15) is 4.79 Å². The predicted molar refractivity (Wildman–Crippen MR) is 108 cm³/mol. The van der Waals surface area contributed by atoms with Crippen molar-refractivity contribution in [2.24, 2.45) is 0 Å². The summed E-state index contributed by atoms with van der Waals surface area (Å²) in [6.45, 7) is 3.01. The maximum Gasteiger partial charge on any atom is 0.224 e. The van der Waals surface area contributed by atoms with Gasteiger partial charge in [0.25, 0.3) is 0 Å². The third-order valence-corrected chi connectivity index (χ3v) is 5.77. The van der Waals surface area contributed by atoms with E-state index in [0.29, 0.717) is 19.6 Å². The van der Waals surface area contributed by atoms with Crippen LogP contribution in [0.3, 0.4) is 0 Å². The number of carbonyl (C=O) groups is 1. The molecule has 1 saturated heterocycles. The third-order valence-electron chi connectivity index (χ3n) is 4.51. The molecule has 5 nitrogen and oxygen atoms in total. The summed E-state index contributed by atoms with van der Waals surface area (Å²) in [6, 6.07) is 13.6. The minimum Gasteiger partial charge on any atom is -0.497 e. The second-order valence-corrected chi connectivity index (χ2v) is 7.33. The Kier molecular flexibility index (Phi) is 6.50. The van der Waals surface area contributed by atoms with E-state index in [1.54, 1.807) is 26.0 Å². The van der Waals surface area contributed by atoms with Gasteiger partial charge in [-0.25, -0.2) is 0 Å². The van der Waals surface area contributed by atoms with E-state index in [0.717, 1.165) is 34.1 Å². The van der Waals surface area contributed by atoms with Crippen LogP contribution in [0.4, 0.5) is 0 Å². The summed E-state index contributed by atoms with van der Waals surface area (Å²) < 4.78 is 16.7. The van der Waals surface area contributed by atoms with Crippen LogP contribution in [-0.4, -0.2) is 37.4 Å². The molecular weight excluding hydrogens is 362 g/mol. The van der Waals surface area contributed by atoms with Gasteiger partial charge in [-0.05, 0) is 31.2 Å². The Bertz CT molecular complexity index is 796. The van der Waals surface area contributed by atoms with Gasteiger partial charge >= 0.3 is 0 Å². The van der Waals surface area contributed by atoms with Crippen LogP contribution in [0.15, 0.2) is 42.5 Å². The molecule has 0 aromatic heterocycles. The Balaban J connectivity index is 1.96. The number of para-hydroxylation sites is 1. The molecule has 0 saturated carbocycles. The standard InChI is InChI=1S/C21H25NO4S/c1-4-26-19-8-6-5-7-17(19)21-22(20(23)11-12-27-21)14-15-13-16(24-2)9-10-18(15)25-3/h5-10,13,21H,4,11-12,14H2,1-3H3. The summed E-state index contributed by atoms with van der Waals surface area (Å²) in [5, 5.41) is -0.0927. The van der Waals surface area contributed by atoms with E-state index in [1.807, 2.05) is 54.3 Å². The molecule has 0 spiro atoms. The average molecular weight is 388 g/mol. The van der Waals surface area contributed by atoms with Gasteiger partial charge in [0.05, 0.1) is 27.4 Å². The summed E-state index contributed by atoms with van der Waals surface area (Å²) in [5.41, 5.74) is 1.95. The Hall–Kier alpha value is -2.34. The molecule has 1 fully saturated rings. The summed E-state index contributed by atoms with van der Waals surface area (Å²) in [7, 11) is 3.27. The van der Waals surface area contributed by atoms with Gasteiger partial charge in [0, 0.05) is 23.3 Å². The average Bonchev–Trinajstić information content (AvgIpc) is 2.70. The van der Waals surface area contributed by atoms with E-state index in [-0.39, 0.29) is 11.3 Å². The van der Waals surface area contributed by atoms with E-state index < -0.39 is 0 Å². The molecule has 1 heterocycles. The lowest BCUT2D eigenvalue weighted by molar-refractivity contribution is -0.132. The van der Waals surface area contributed by atoms with Gasteiger partial charge in [0.15, 0.2) is 0 Å². The molecule has 1 amide bonds. The molecule has 1 atom stereocenters. The molecule has 0 N–H and O–H groups in total. The minimum absolute atomic E-state index is 0.0927. The lowest BCUT2D eigenvalue weighted by Gasteiger charge is -2.36. The molecule has 1 aliphatic rings. The number of rotatable bonds is 7. The molecule has 144 valence electrons. The maximum atomic E-state index is 12.8. The van der Waals surface area contributed by atoms with Crippen molar-refractivity contribution in [2.45, 2.75) is 25.3 Å². The number of amides is 1. The van der Waals surface area contributed by atoms with E-state index in [4.69, 9.17) is 14.2 Å². The fraction of sp³-hybridized carbons (Fsp3) is 0.381. The Morgan fingerprint density at radius 2 is 1.93 bits per heavy atom. The number of methoxy groups -OCH3 is 2. The number of nitrogens with zero attached hydrogens (tertiary/aromatic N) is 1. The second-order valence-electron chi connectivity index (χ2n) is 6.14. The number of thioether (sulfide) groups is 1. The number of benzene rings is 2. The van der Waals surface area contributed by atoms with Crippen molar-refractivity contribution >= 4 is 17.7 Å². The van der Waals surface area contributed by atoms with Gasteiger partial charge in [-0.15, -0.1) is 11.8 Å². The SMILES string of the molecule is CCOc1ccccc1C1SCCC(=O)N1Cc1cc(OC)ccc1OC. The van der Waals surface area contributed by atoms with Crippen molar-refractivity contribution in [2.75, 3.05) is 26.6 Å². The number of ether oxygens (including phenoxy) is 3. The fourth-order valence-electron chi connectivity index (χ4n) is 3.21. The Morgan fingerprint density at radius 1 is 1.11 bits per heavy atom. The Morgan fingerprint density at radius 3 is 2.67 bits per heavy atom. The van der Waals surface area contributed by atoms with Crippen LogP contribution < -0.4 is 14.2 Å². The monoisotopic (exact) mass is 387 g/mol. The Labute approximate surface area is 164 Å². The van der Waals surface area contributed by atoms with Crippen LogP contribution in [0.1, 0.15) is 29.8 Å². The minimum atomic E-state index is -0.0927. The summed E-state index contributed by atoms with van der Waals surface area (Å²) >= 11 is 1.76. The summed E-state index contributed by atoms with van der Waals surface area (Å²) in [5.74, 6) is 3.25. The second kappa shape index (κ2) is 9.04. The molecule has 3 rings (SSSR count). The summed E-state index contributed by atoms with van der Waals surface area (Å²) in [4.78, 5) is 14.7. The van der Waals surface area contributed by atoms with Gasteiger partial charge in [-0.3, -0.25) is 4.79 Å². The van der Waals surface area contributed by atoms with Crippen molar-refractivity contribution in [3.63, 3.8) is 0 Å². The predicted octanol–water partition coefficient (Wildman–Crippen LogP) is 4.27. The van der Waals surface area contributed by atoms with Crippen LogP contribution in [0.5, 0.6) is 17.2 Å². The molecule has 2 aromatic carbocycles. The first-order valence-electron chi connectivity index (χ1n) is 9.01. The molecule has 6 heteroatoms. The van der Waals surface area contributed by atoms with Gasteiger partial charge in [-0.2, -0.15) is 0 Å². The van der Waals surface area contributed by atoms with Crippen LogP contribution in [-0.2, 0) is 11.3 Å². The van der Waals surface area contributed by atoms with Crippen molar-refractivity contribution in [3.05, 3.63) is 53.6 Å². The van der Waals surface area contributed by atoms with Crippen molar-refractivity contribution < 1.29 is 19.0 Å². The zero-order valence-corrected chi connectivity index (χ0v) is 16.8. The van der Waals surface area contributed by atoms with Crippen LogP contribution in [0, 0.1) is 0 Å². The normalized spacial score (nSPS) is 16.9. The van der Waals surface area contributed by atoms with Gasteiger partial charge in [-0.1, -0.05) is 18.2 Å². The maximum absolute atomic E-state index is 12.8. The van der Waals surface area contributed by atoms with E-state index in [1.165, 1.54) is 0 Å². The highest BCUT2D eigenvalue weighted by Gasteiger charge is 2.32. The molecule has 0 bridgehead atoms. The van der Waals surface area contributed by atoms with Gasteiger partial charge in [0.2, 0.25) is 5.91 Å². The topological polar surface area (TPSA) is 48.0 Å². The van der Waals surface area contributed by atoms with Crippen LogP contribution in [0.2, 0.25) is 0 Å². The largest absolute Gasteiger partial charge is 0.497 e. The molecular formula is C21H25NO4S. The molecule has 2 aromatic rings. The van der Waals surface area contributed by atoms with Crippen molar-refractivity contribution in [1.29, 1.82) is 0 Å². The van der Waals surface area contributed by atoms with E-state index >= 15 is 0 Å².